The molecule has 1 unspecified atom stereocenters. The molecule has 96 valence electrons. The molecule has 5 heteroatoms. The molecule has 1 aromatic heterocycles. The van der Waals surface area contributed by atoms with Gasteiger partial charge in [0.1, 0.15) is 11.6 Å². The number of nitrogens with zero attached hydrogens (tertiary/aromatic N) is 2. The monoisotopic (exact) mass is 251 g/mol. The van der Waals surface area contributed by atoms with Crippen LogP contribution in [-0.2, 0) is 13.5 Å². The Hall–Kier alpha value is -1.75. The molecule has 0 amide bonds. The first-order chi connectivity index (χ1) is 8.51. The Morgan fingerprint density at radius 2 is 1.89 bits per heavy atom. The van der Waals surface area contributed by atoms with Gasteiger partial charge in [-0.05, 0) is 24.1 Å². The van der Waals surface area contributed by atoms with Gasteiger partial charge in [-0.15, -0.1) is 0 Å². The molecule has 0 fully saturated rings. The van der Waals surface area contributed by atoms with Crippen LogP contribution in [0.5, 0.6) is 0 Å². The Morgan fingerprint density at radius 1 is 1.28 bits per heavy atom. The maximum absolute atomic E-state index is 13.2. The maximum atomic E-state index is 13.2. The lowest BCUT2D eigenvalue weighted by molar-refractivity contribution is 0.577. The van der Waals surface area contributed by atoms with Crippen molar-refractivity contribution in [3.63, 3.8) is 0 Å². The van der Waals surface area contributed by atoms with E-state index in [1.54, 1.807) is 17.9 Å². The predicted molar refractivity (Wildman–Crippen MR) is 65.0 cm³/mol. The second-order valence-electron chi connectivity index (χ2n) is 4.24. The van der Waals surface area contributed by atoms with Crippen LogP contribution in [0.2, 0.25) is 0 Å². The number of halogens is 2. The van der Waals surface area contributed by atoms with E-state index in [0.29, 0.717) is 5.56 Å². The highest BCUT2D eigenvalue weighted by Gasteiger charge is 2.17. The molecule has 2 rings (SSSR count). The molecule has 0 saturated heterocycles. The normalized spacial score (nSPS) is 12.7. The average Bonchev–Trinajstić information content (AvgIpc) is 2.68. The van der Waals surface area contributed by atoms with E-state index >= 15 is 0 Å². The molecule has 0 bridgehead atoms. The van der Waals surface area contributed by atoms with Gasteiger partial charge in [0.25, 0.3) is 0 Å². The molecule has 0 aliphatic heterocycles. The van der Waals surface area contributed by atoms with Crippen LogP contribution in [0.15, 0.2) is 24.4 Å². The zero-order valence-electron chi connectivity index (χ0n) is 10.3. The van der Waals surface area contributed by atoms with Gasteiger partial charge in [0.15, 0.2) is 0 Å². The van der Waals surface area contributed by atoms with E-state index in [-0.39, 0.29) is 0 Å². The number of rotatable bonds is 3. The largest absolute Gasteiger partial charge is 0.320 e. The summed E-state index contributed by atoms with van der Waals surface area (Å²) >= 11 is 0. The summed E-state index contributed by atoms with van der Waals surface area (Å²) in [6.45, 7) is 1.96. The van der Waals surface area contributed by atoms with E-state index in [2.05, 4.69) is 5.10 Å². The smallest absolute Gasteiger partial charge is 0.126 e. The molecule has 3 nitrogen and oxygen atoms in total. The van der Waals surface area contributed by atoms with Gasteiger partial charge < -0.3 is 5.73 Å². The second-order valence-corrected chi connectivity index (χ2v) is 4.24. The Morgan fingerprint density at radius 3 is 2.44 bits per heavy atom. The SMILES string of the molecule is CCc1nn(C)cc1C(N)c1cc(F)cc(F)c1. The first-order valence-electron chi connectivity index (χ1n) is 5.75. The fourth-order valence-corrected chi connectivity index (χ4v) is 2.02. The number of hydrogen-bond donors (Lipinski definition) is 1. The van der Waals surface area contributed by atoms with Gasteiger partial charge in [0, 0.05) is 24.9 Å². The predicted octanol–water partition coefficient (Wildman–Crippen LogP) is 2.31. The highest BCUT2D eigenvalue weighted by Crippen LogP contribution is 2.24. The van der Waals surface area contributed by atoms with Crippen molar-refractivity contribution in [3.05, 3.63) is 52.9 Å². The van der Waals surface area contributed by atoms with Crippen LogP contribution in [0.4, 0.5) is 8.78 Å². The summed E-state index contributed by atoms with van der Waals surface area (Å²) in [7, 11) is 1.79. The summed E-state index contributed by atoms with van der Waals surface area (Å²) in [5.74, 6) is -1.25. The van der Waals surface area contributed by atoms with Crippen LogP contribution in [0.1, 0.15) is 29.8 Å². The molecule has 1 atom stereocenters. The fraction of sp³-hybridized carbons (Fsp3) is 0.308. The van der Waals surface area contributed by atoms with Gasteiger partial charge in [-0.1, -0.05) is 6.92 Å². The van der Waals surface area contributed by atoms with Crippen molar-refractivity contribution in [2.75, 3.05) is 0 Å². The number of hydrogen-bond acceptors (Lipinski definition) is 2. The average molecular weight is 251 g/mol. The van der Waals surface area contributed by atoms with Crippen molar-refractivity contribution in [1.29, 1.82) is 0 Å². The van der Waals surface area contributed by atoms with Gasteiger partial charge >= 0.3 is 0 Å². The molecule has 2 aromatic rings. The van der Waals surface area contributed by atoms with Crippen molar-refractivity contribution < 1.29 is 8.78 Å². The van der Waals surface area contributed by atoms with E-state index in [1.807, 2.05) is 6.92 Å². The van der Waals surface area contributed by atoms with Gasteiger partial charge in [-0.3, -0.25) is 4.68 Å². The minimum absolute atomic E-state index is 0.412. The van der Waals surface area contributed by atoms with Gasteiger partial charge in [0.05, 0.1) is 11.7 Å². The summed E-state index contributed by atoms with van der Waals surface area (Å²) in [6, 6.07) is 2.76. The maximum Gasteiger partial charge on any atom is 0.126 e. The van der Waals surface area contributed by atoms with E-state index in [0.717, 1.165) is 23.7 Å². The van der Waals surface area contributed by atoms with Crippen LogP contribution in [-0.4, -0.2) is 9.78 Å². The third-order valence-electron chi connectivity index (χ3n) is 2.85. The van der Waals surface area contributed by atoms with Crippen molar-refractivity contribution in [2.45, 2.75) is 19.4 Å². The molecule has 1 heterocycles. The van der Waals surface area contributed by atoms with Crippen molar-refractivity contribution in [2.24, 2.45) is 12.8 Å². The zero-order chi connectivity index (χ0) is 13.3. The highest BCUT2D eigenvalue weighted by molar-refractivity contribution is 5.33. The number of benzene rings is 1. The van der Waals surface area contributed by atoms with Crippen molar-refractivity contribution >= 4 is 0 Å². The van der Waals surface area contributed by atoms with E-state index in [1.165, 1.54) is 12.1 Å². The summed E-state index contributed by atoms with van der Waals surface area (Å²) < 4.78 is 28.0. The summed E-state index contributed by atoms with van der Waals surface area (Å²) in [4.78, 5) is 0. The second kappa shape index (κ2) is 4.86. The fourth-order valence-electron chi connectivity index (χ4n) is 2.02. The molecule has 0 saturated carbocycles. The van der Waals surface area contributed by atoms with E-state index in [4.69, 9.17) is 5.73 Å². The third kappa shape index (κ3) is 2.41. The standard InChI is InChI=1S/C13H15F2N3/c1-3-12-11(7-18(2)17-12)13(16)8-4-9(14)6-10(15)5-8/h4-7,13H,3,16H2,1-2H3. The van der Waals surface area contributed by atoms with Crippen molar-refractivity contribution in [1.82, 2.24) is 9.78 Å². The first-order valence-corrected chi connectivity index (χ1v) is 5.75. The van der Waals surface area contributed by atoms with Gasteiger partial charge in [-0.2, -0.15) is 5.10 Å². The summed E-state index contributed by atoms with van der Waals surface area (Å²) in [5.41, 5.74) is 8.11. The van der Waals surface area contributed by atoms with Crippen LogP contribution >= 0.6 is 0 Å². The van der Waals surface area contributed by atoms with Gasteiger partial charge in [0.2, 0.25) is 0 Å². The molecule has 2 N–H and O–H groups in total. The molecule has 0 aliphatic carbocycles. The Bertz CT molecular complexity index is 543. The van der Waals surface area contributed by atoms with Crippen LogP contribution < -0.4 is 5.73 Å². The number of aromatic nitrogens is 2. The van der Waals surface area contributed by atoms with E-state index in [9.17, 15) is 8.78 Å². The molecule has 0 spiro atoms. The zero-order valence-corrected chi connectivity index (χ0v) is 10.3. The first kappa shape index (κ1) is 12.7. The van der Waals surface area contributed by atoms with E-state index < -0.39 is 17.7 Å². The Kier molecular flexibility index (Phi) is 3.43. The van der Waals surface area contributed by atoms with Crippen LogP contribution in [0.25, 0.3) is 0 Å². The summed E-state index contributed by atoms with van der Waals surface area (Å²) in [6.07, 6.45) is 2.51. The minimum atomic E-state index is -0.623. The molecular formula is C13H15F2N3. The highest BCUT2D eigenvalue weighted by atomic mass is 19.1. The van der Waals surface area contributed by atoms with Crippen molar-refractivity contribution in [3.8, 4) is 0 Å². The molecule has 1 aromatic carbocycles. The van der Waals surface area contributed by atoms with Crippen LogP contribution in [0.3, 0.4) is 0 Å². The Labute approximate surface area is 104 Å². The lowest BCUT2D eigenvalue weighted by Crippen LogP contribution is -2.13. The molecular weight excluding hydrogens is 236 g/mol. The number of nitrogens with two attached hydrogens (primary N) is 1. The quantitative estimate of drug-likeness (QED) is 0.909. The topological polar surface area (TPSA) is 43.8 Å². The molecule has 0 aliphatic rings. The Balaban J connectivity index is 2.43. The lowest BCUT2D eigenvalue weighted by Gasteiger charge is -2.12. The third-order valence-corrected chi connectivity index (χ3v) is 2.85. The lowest BCUT2D eigenvalue weighted by atomic mass is 9.99. The number of aryl methyl sites for hydroxylation is 2. The molecule has 0 radical (unpaired) electrons. The minimum Gasteiger partial charge on any atom is -0.320 e. The molecule has 18 heavy (non-hydrogen) atoms. The van der Waals surface area contributed by atoms with Gasteiger partial charge in [-0.25, -0.2) is 8.78 Å². The van der Waals surface area contributed by atoms with Crippen LogP contribution in [0, 0.1) is 11.6 Å². The summed E-state index contributed by atoms with van der Waals surface area (Å²) in [5, 5.41) is 4.27.